The highest BCUT2D eigenvalue weighted by Crippen LogP contribution is 2.31. The first kappa shape index (κ1) is 13.8. The monoisotopic (exact) mass is 283 g/mol. The summed E-state index contributed by atoms with van der Waals surface area (Å²) in [5.74, 6) is -2.79. The lowest BCUT2D eigenvalue weighted by Crippen LogP contribution is -2.02. The van der Waals surface area contributed by atoms with Gasteiger partial charge < -0.3 is 5.32 Å². The third kappa shape index (κ3) is 3.92. The topological polar surface area (TPSA) is 12.0 Å². The van der Waals surface area contributed by atoms with Gasteiger partial charge in [-0.25, -0.2) is 4.39 Å². The van der Waals surface area contributed by atoms with Crippen molar-refractivity contribution in [1.82, 2.24) is 0 Å². The van der Waals surface area contributed by atoms with Gasteiger partial charge in [0.05, 0.1) is 0 Å². The van der Waals surface area contributed by atoms with E-state index in [9.17, 15) is 13.2 Å². The van der Waals surface area contributed by atoms with E-state index in [4.69, 9.17) is 0 Å². The average molecular weight is 283 g/mol. The molecule has 0 aliphatic carbocycles. The largest absolute Gasteiger partial charge is 0.380 e. The zero-order valence-corrected chi connectivity index (χ0v) is 10.8. The zero-order chi connectivity index (χ0) is 13.7. The standard InChI is InChI=1S/C14H12F3NS/c15-11-6-2-1-5-10(11)9-18-12-7-3-4-8-13(12)19-14(16)17/h1-8,14,18H,9H2. The number of alkyl halides is 2. The van der Waals surface area contributed by atoms with Gasteiger partial charge in [-0.1, -0.05) is 42.1 Å². The predicted molar refractivity (Wildman–Crippen MR) is 72.0 cm³/mol. The quantitative estimate of drug-likeness (QED) is 0.794. The van der Waals surface area contributed by atoms with Gasteiger partial charge in [0.15, 0.2) is 0 Å². The van der Waals surface area contributed by atoms with E-state index < -0.39 is 5.76 Å². The number of hydrogen-bond acceptors (Lipinski definition) is 2. The van der Waals surface area contributed by atoms with Gasteiger partial charge in [-0.15, -0.1) is 0 Å². The summed E-state index contributed by atoms with van der Waals surface area (Å²) in [4.78, 5) is 0.453. The molecule has 0 fully saturated rings. The van der Waals surface area contributed by atoms with Crippen molar-refractivity contribution >= 4 is 17.4 Å². The van der Waals surface area contributed by atoms with Gasteiger partial charge in [-0.05, 0) is 18.2 Å². The number of halogens is 3. The highest BCUT2D eigenvalue weighted by Gasteiger charge is 2.09. The van der Waals surface area contributed by atoms with Crippen LogP contribution < -0.4 is 5.32 Å². The van der Waals surface area contributed by atoms with E-state index in [1.807, 2.05) is 0 Å². The van der Waals surface area contributed by atoms with Gasteiger partial charge in [-0.2, -0.15) is 8.78 Å². The van der Waals surface area contributed by atoms with Crippen LogP contribution in [-0.2, 0) is 6.54 Å². The van der Waals surface area contributed by atoms with Crippen molar-refractivity contribution in [2.45, 2.75) is 17.2 Å². The second kappa shape index (κ2) is 6.52. The fourth-order valence-corrected chi connectivity index (χ4v) is 2.26. The maximum absolute atomic E-state index is 13.4. The number of para-hydroxylation sites is 1. The molecule has 1 nitrogen and oxygen atoms in total. The summed E-state index contributed by atoms with van der Waals surface area (Å²) >= 11 is 0.475. The first-order valence-corrected chi connectivity index (χ1v) is 6.56. The molecule has 1 N–H and O–H groups in total. The maximum atomic E-state index is 13.4. The smallest absolute Gasteiger partial charge is 0.288 e. The molecule has 5 heteroatoms. The molecular weight excluding hydrogens is 271 g/mol. The van der Waals surface area contributed by atoms with Crippen LogP contribution in [0.25, 0.3) is 0 Å². The maximum Gasteiger partial charge on any atom is 0.288 e. The van der Waals surface area contributed by atoms with E-state index >= 15 is 0 Å². The molecular formula is C14H12F3NS. The fourth-order valence-electron chi connectivity index (χ4n) is 1.64. The summed E-state index contributed by atoms with van der Waals surface area (Å²) in [7, 11) is 0. The van der Waals surface area contributed by atoms with E-state index in [1.54, 1.807) is 42.5 Å². The Morgan fingerprint density at radius 3 is 2.42 bits per heavy atom. The Morgan fingerprint density at radius 1 is 1.00 bits per heavy atom. The molecule has 0 radical (unpaired) electrons. The first-order chi connectivity index (χ1) is 9.16. The highest BCUT2D eigenvalue weighted by atomic mass is 32.2. The number of anilines is 1. The lowest BCUT2D eigenvalue weighted by atomic mass is 10.2. The molecule has 19 heavy (non-hydrogen) atoms. The van der Waals surface area contributed by atoms with E-state index in [0.717, 1.165) is 0 Å². The number of thioether (sulfide) groups is 1. The molecule has 0 spiro atoms. The van der Waals surface area contributed by atoms with E-state index in [1.165, 1.54) is 6.07 Å². The molecule has 0 aliphatic heterocycles. The van der Waals surface area contributed by atoms with Gasteiger partial charge in [0, 0.05) is 22.7 Å². The number of hydrogen-bond donors (Lipinski definition) is 1. The third-order valence-electron chi connectivity index (χ3n) is 2.53. The molecule has 2 aromatic rings. The van der Waals surface area contributed by atoms with Crippen molar-refractivity contribution in [3.63, 3.8) is 0 Å². The van der Waals surface area contributed by atoms with Crippen LogP contribution >= 0.6 is 11.8 Å². The van der Waals surface area contributed by atoms with Crippen molar-refractivity contribution in [3.8, 4) is 0 Å². The summed E-state index contributed by atoms with van der Waals surface area (Å²) in [5, 5.41) is 2.98. The van der Waals surface area contributed by atoms with Crippen molar-refractivity contribution in [2.75, 3.05) is 5.32 Å². The summed E-state index contributed by atoms with van der Waals surface area (Å²) < 4.78 is 38.2. The van der Waals surface area contributed by atoms with Crippen molar-refractivity contribution in [3.05, 3.63) is 59.9 Å². The number of nitrogens with one attached hydrogen (secondary N) is 1. The van der Waals surface area contributed by atoms with Gasteiger partial charge in [0.2, 0.25) is 0 Å². The second-order valence-electron chi connectivity index (χ2n) is 3.82. The molecule has 2 rings (SSSR count). The molecule has 100 valence electrons. The van der Waals surface area contributed by atoms with Crippen LogP contribution in [0, 0.1) is 5.82 Å². The molecule has 0 bridgehead atoms. The minimum Gasteiger partial charge on any atom is -0.380 e. The Bertz CT molecular complexity index is 546. The summed E-state index contributed by atoms with van der Waals surface area (Å²) in [6, 6.07) is 13.1. The lowest BCUT2D eigenvalue weighted by molar-refractivity contribution is 0.252. The molecule has 0 saturated carbocycles. The van der Waals surface area contributed by atoms with Crippen LogP contribution in [0.3, 0.4) is 0 Å². The second-order valence-corrected chi connectivity index (χ2v) is 4.85. The average Bonchev–Trinajstić information content (AvgIpc) is 2.39. The van der Waals surface area contributed by atoms with Crippen LogP contribution in [0.2, 0.25) is 0 Å². The summed E-state index contributed by atoms with van der Waals surface area (Å²) in [6.07, 6.45) is 0. The fraction of sp³-hybridized carbons (Fsp3) is 0.143. The van der Waals surface area contributed by atoms with Crippen molar-refractivity contribution in [2.24, 2.45) is 0 Å². The van der Waals surface area contributed by atoms with Gasteiger partial charge in [0.1, 0.15) is 5.82 Å². The first-order valence-electron chi connectivity index (χ1n) is 5.68. The highest BCUT2D eigenvalue weighted by molar-refractivity contribution is 7.99. The normalized spacial score (nSPS) is 10.7. The zero-order valence-electron chi connectivity index (χ0n) is 9.95. The Labute approximate surface area is 113 Å². The minimum atomic E-state index is -2.48. The van der Waals surface area contributed by atoms with Gasteiger partial charge in [0.25, 0.3) is 5.76 Å². The Balaban J connectivity index is 2.09. The van der Waals surface area contributed by atoms with Crippen LogP contribution in [0.15, 0.2) is 53.4 Å². The van der Waals surface area contributed by atoms with E-state index in [0.29, 0.717) is 27.9 Å². The Morgan fingerprint density at radius 2 is 1.68 bits per heavy atom. The Hall–Kier alpha value is -1.62. The minimum absolute atomic E-state index is 0.257. The molecule has 0 heterocycles. The third-order valence-corrected chi connectivity index (χ3v) is 3.32. The summed E-state index contributed by atoms with van der Waals surface area (Å²) in [6.45, 7) is 0.257. The van der Waals surface area contributed by atoms with Crippen LogP contribution in [-0.4, -0.2) is 5.76 Å². The molecule has 0 saturated heterocycles. The van der Waals surface area contributed by atoms with Crippen LogP contribution in [0.1, 0.15) is 5.56 Å². The molecule has 0 aromatic heterocycles. The molecule has 0 aliphatic rings. The van der Waals surface area contributed by atoms with E-state index in [2.05, 4.69) is 5.32 Å². The van der Waals surface area contributed by atoms with Crippen LogP contribution in [0.5, 0.6) is 0 Å². The van der Waals surface area contributed by atoms with Crippen LogP contribution in [0.4, 0.5) is 18.9 Å². The van der Waals surface area contributed by atoms with Crippen molar-refractivity contribution < 1.29 is 13.2 Å². The number of rotatable bonds is 5. The molecule has 0 unspecified atom stereocenters. The SMILES string of the molecule is Fc1ccccc1CNc1ccccc1SC(F)F. The van der Waals surface area contributed by atoms with Gasteiger partial charge in [-0.3, -0.25) is 0 Å². The van der Waals surface area contributed by atoms with Crippen molar-refractivity contribution in [1.29, 1.82) is 0 Å². The number of benzene rings is 2. The summed E-state index contributed by atoms with van der Waals surface area (Å²) in [5.41, 5.74) is 1.08. The predicted octanol–water partition coefficient (Wildman–Crippen LogP) is 4.75. The lowest BCUT2D eigenvalue weighted by Gasteiger charge is -2.11. The van der Waals surface area contributed by atoms with Gasteiger partial charge >= 0.3 is 0 Å². The molecule has 0 atom stereocenters. The van der Waals surface area contributed by atoms with E-state index in [-0.39, 0.29) is 12.4 Å². The Kier molecular flexibility index (Phi) is 4.74. The molecule has 0 amide bonds. The molecule has 2 aromatic carbocycles.